The molecule has 2 heterocycles. The van der Waals surface area contributed by atoms with E-state index >= 15 is 0 Å². The molecule has 0 unspecified atom stereocenters. The van der Waals surface area contributed by atoms with Gasteiger partial charge in [0.1, 0.15) is 5.69 Å². The normalized spacial score (nSPS) is 11.2. The number of aryl methyl sites for hydroxylation is 1. The minimum Gasteiger partial charge on any atom is -0.476 e. The molecule has 2 aromatic heterocycles. The molecule has 7 nitrogen and oxygen atoms in total. The minimum atomic E-state index is -2.96. The highest BCUT2D eigenvalue weighted by Gasteiger charge is 2.26. The van der Waals surface area contributed by atoms with Gasteiger partial charge in [-0.05, 0) is 6.42 Å². The Hall–Kier alpha value is -2.32. The highest BCUT2D eigenvalue weighted by molar-refractivity contribution is 5.86. The van der Waals surface area contributed by atoms with Gasteiger partial charge in [-0.3, -0.25) is 0 Å². The van der Waals surface area contributed by atoms with Crippen molar-refractivity contribution in [3.8, 4) is 0 Å². The van der Waals surface area contributed by atoms with Crippen LogP contribution in [-0.4, -0.2) is 35.6 Å². The maximum atomic E-state index is 13.0. The number of hydrogen-bond acceptors (Lipinski definition) is 4. The van der Waals surface area contributed by atoms with Gasteiger partial charge in [-0.1, -0.05) is 12.1 Å². The van der Waals surface area contributed by atoms with Crippen molar-refractivity contribution in [2.45, 2.75) is 32.9 Å². The first-order chi connectivity index (χ1) is 9.54. The molecule has 2 aromatic rings. The number of rotatable bonds is 6. The van der Waals surface area contributed by atoms with Gasteiger partial charge in [0.2, 0.25) is 0 Å². The molecule has 0 aliphatic heterocycles. The highest BCUT2D eigenvalue weighted by Crippen LogP contribution is 2.22. The zero-order chi connectivity index (χ0) is 14.7. The molecule has 0 amide bonds. The third-order valence-corrected chi connectivity index (χ3v) is 2.76. The van der Waals surface area contributed by atoms with E-state index in [4.69, 9.17) is 5.11 Å². The summed E-state index contributed by atoms with van der Waals surface area (Å²) in [4.78, 5) is 14.8. The van der Waals surface area contributed by atoms with Crippen molar-refractivity contribution in [1.82, 2.24) is 24.5 Å². The Labute approximate surface area is 112 Å². The molecule has 108 valence electrons. The number of carboxylic acids is 1. The minimum absolute atomic E-state index is 0.0000463. The van der Waals surface area contributed by atoms with E-state index in [9.17, 15) is 13.6 Å². The van der Waals surface area contributed by atoms with Crippen LogP contribution in [0.1, 0.15) is 41.6 Å². The van der Waals surface area contributed by atoms with Crippen LogP contribution in [0.3, 0.4) is 0 Å². The molecule has 0 atom stereocenters. The second-order valence-electron chi connectivity index (χ2n) is 4.17. The number of aromatic nitrogens is 5. The smallest absolute Gasteiger partial charge is 0.358 e. The molecule has 0 spiro atoms. The van der Waals surface area contributed by atoms with Crippen molar-refractivity contribution in [2.75, 3.05) is 0 Å². The van der Waals surface area contributed by atoms with Crippen molar-refractivity contribution in [2.24, 2.45) is 0 Å². The van der Waals surface area contributed by atoms with Crippen molar-refractivity contribution in [3.63, 3.8) is 0 Å². The van der Waals surface area contributed by atoms with E-state index in [0.717, 1.165) is 11.1 Å². The summed E-state index contributed by atoms with van der Waals surface area (Å²) >= 11 is 0. The lowest BCUT2D eigenvalue weighted by Gasteiger charge is -2.08. The Morgan fingerprint density at radius 3 is 2.85 bits per heavy atom. The molecule has 0 aliphatic carbocycles. The van der Waals surface area contributed by atoms with E-state index < -0.39 is 23.8 Å². The Morgan fingerprint density at radius 1 is 1.50 bits per heavy atom. The number of carboxylic acid groups (broad SMARTS) is 1. The van der Waals surface area contributed by atoms with Crippen LogP contribution in [0.4, 0.5) is 8.78 Å². The molecule has 0 aliphatic rings. The average molecular weight is 285 g/mol. The number of halogens is 2. The van der Waals surface area contributed by atoms with Crippen LogP contribution in [0.5, 0.6) is 0 Å². The van der Waals surface area contributed by atoms with Gasteiger partial charge in [-0.25, -0.2) is 23.2 Å². The summed E-state index contributed by atoms with van der Waals surface area (Å²) in [5.41, 5.74) is -0.751. The van der Waals surface area contributed by atoms with Gasteiger partial charge in [0.25, 0.3) is 6.43 Å². The molecule has 20 heavy (non-hydrogen) atoms. The zero-order valence-electron chi connectivity index (χ0n) is 10.7. The standard InChI is InChI=1S/C11H13F2N5O2/c1-2-3-17-6-14-4-7(17)5-18-9(10(12)13)8(11(19)20)15-16-18/h4,6,10H,2-3,5H2,1H3,(H,19,20). The summed E-state index contributed by atoms with van der Waals surface area (Å²) in [5, 5.41) is 15.6. The Morgan fingerprint density at radius 2 is 2.25 bits per heavy atom. The first kappa shape index (κ1) is 14.1. The van der Waals surface area contributed by atoms with Gasteiger partial charge < -0.3 is 9.67 Å². The predicted octanol–water partition coefficient (Wildman–Crippen LogP) is 1.57. The van der Waals surface area contributed by atoms with Gasteiger partial charge in [0.15, 0.2) is 5.69 Å². The lowest BCUT2D eigenvalue weighted by Crippen LogP contribution is -2.12. The van der Waals surface area contributed by atoms with E-state index in [2.05, 4.69) is 15.3 Å². The molecule has 0 saturated heterocycles. The lowest BCUT2D eigenvalue weighted by atomic mass is 10.3. The number of carbonyl (C=O) groups is 1. The third kappa shape index (κ3) is 2.65. The number of aromatic carboxylic acids is 1. The Bertz CT molecular complexity index is 608. The van der Waals surface area contributed by atoms with Crippen molar-refractivity contribution in [1.29, 1.82) is 0 Å². The summed E-state index contributed by atoms with van der Waals surface area (Å²) in [6, 6.07) is 0. The lowest BCUT2D eigenvalue weighted by molar-refractivity contribution is 0.0675. The van der Waals surface area contributed by atoms with Gasteiger partial charge >= 0.3 is 5.97 Å². The molecule has 0 saturated carbocycles. The van der Waals surface area contributed by atoms with E-state index in [-0.39, 0.29) is 6.54 Å². The fourth-order valence-corrected chi connectivity index (χ4v) is 1.88. The maximum absolute atomic E-state index is 13.0. The third-order valence-electron chi connectivity index (χ3n) is 2.76. The molecule has 9 heteroatoms. The largest absolute Gasteiger partial charge is 0.476 e. The topological polar surface area (TPSA) is 85.8 Å². The van der Waals surface area contributed by atoms with Crippen LogP contribution in [0, 0.1) is 0 Å². The first-order valence-electron chi connectivity index (χ1n) is 5.98. The first-order valence-corrected chi connectivity index (χ1v) is 5.98. The molecular formula is C11H13F2N5O2. The Balaban J connectivity index is 2.34. The quantitative estimate of drug-likeness (QED) is 0.870. The summed E-state index contributed by atoms with van der Waals surface area (Å²) < 4.78 is 28.6. The molecular weight excluding hydrogens is 272 g/mol. The summed E-state index contributed by atoms with van der Waals surface area (Å²) in [7, 11) is 0. The van der Waals surface area contributed by atoms with Gasteiger partial charge in [0, 0.05) is 6.54 Å². The fourth-order valence-electron chi connectivity index (χ4n) is 1.88. The highest BCUT2D eigenvalue weighted by atomic mass is 19.3. The van der Waals surface area contributed by atoms with E-state index in [1.807, 2.05) is 6.92 Å². The second-order valence-corrected chi connectivity index (χ2v) is 4.17. The SMILES string of the molecule is CCCn1cncc1Cn1nnc(C(=O)O)c1C(F)F. The maximum Gasteiger partial charge on any atom is 0.358 e. The van der Waals surface area contributed by atoms with Crippen molar-refractivity contribution in [3.05, 3.63) is 29.6 Å². The van der Waals surface area contributed by atoms with Crippen LogP contribution in [-0.2, 0) is 13.1 Å². The number of alkyl halides is 2. The molecule has 0 radical (unpaired) electrons. The number of nitrogens with zero attached hydrogens (tertiary/aromatic N) is 5. The zero-order valence-corrected chi connectivity index (χ0v) is 10.7. The summed E-state index contributed by atoms with van der Waals surface area (Å²) in [6.07, 6.45) is 1.03. The summed E-state index contributed by atoms with van der Waals surface area (Å²) in [5.74, 6) is -1.52. The molecule has 0 aromatic carbocycles. The Kier molecular flexibility index (Phi) is 4.06. The monoisotopic (exact) mass is 285 g/mol. The van der Waals surface area contributed by atoms with Crippen LogP contribution in [0.25, 0.3) is 0 Å². The van der Waals surface area contributed by atoms with E-state index in [1.54, 1.807) is 10.9 Å². The van der Waals surface area contributed by atoms with Crippen molar-refractivity contribution >= 4 is 5.97 Å². The van der Waals surface area contributed by atoms with Crippen LogP contribution >= 0.6 is 0 Å². The van der Waals surface area contributed by atoms with Crippen LogP contribution in [0.15, 0.2) is 12.5 Å². The summed E-state index contributed by atoms with van der Waals surface area (Å²) in [6.45, 7) is 2.67. The molecule has 2 rings (SSSR count). The average Bonchev–Trinajstić information content (AvgIpc) is 2.97. The number of hydrogen-bond donors (Lipinski definition) is 1. The van der Waals surface area contributed by atoms with Crippen molar-refractivity contribution < 1.29 is 18.7 Å². The molecule has 0 fully saturated rings. The fraction of sp³-hybridized carbons (Fsp3) is 0.455. The number of imidazole rings is 1. The predicted molar refractivity (Wildman–Crippen MR) is 63.6 cm³/mol. The molecule has 1 N–H and O–H groups in total. The second kappa shape index (κ2) is 5.76. The van der Waals surface area contributed by atoms with Gasteiger partial charge in [-0.15, -0.1) is 5.10 Å². The molecule has 0 bridgehead atoms. The van der Waals surface area contributed by atoms with Gasteiger partial charge in [-0.2, -0.15) is 0 Å². The van der Waals surface area contributed by atoms with E-state index in [0.29, 0.717) is 12.2 Å². The van der Waals surface area contributed by atoms with Crippen LogP contribution < -0.4 is 0 Å². The van der Waals surface area contributed by atoms with Crippen LogP contribution in [0.2, 0.25) is 0 Å². The van der Waals surface area contributed by atoms with E-state index in [1.165, 1.54) is 6.20 Å². The van der Waals surface area contributed by atoms with Gasteiger partial charge in [0.05, 0.1) is 24.8 Å².